The van der Waals surface area contributed by atoms with E-state index in [-0.39, 0.29) is 19.6 Å². The SMILES string of the molecule is CN(C)c1ccc([C@@H]2C[C@H]3CN(S(=O)(=O)c4ccccc4[N+](=O)[O-])CC34C(=O)N(CCN3CCOCC3)C(=O)N24)c2ccccc12. The molecule has 1 spiro atoms. The molecule has 0 bridgehead atoms. The zero-order valence-corrected chi connectivity index (χ0v) is 26.6. The Bertz CT molecular complexity index is 1850. The second-order valence-corrected chi connectivity index (χ2v) is 14.5. The van der Waals surface area contributed by atoms with Crippen molar-refractivity contribution in [3.05, 3.63) is 76.3 Å². The largest absolute Gasteiger partial charge is 0.379 e. The highest BCUT2D eigenvalue weighted by atomic mass is 32.2. The Morgan fingerprint density at radius 1 is 0.978 bits per heavy atom. The first-order valence-electron chi connectivity index (χ1n) is 15.4. The van der Waals surface area contributed by atoms with Crippen LogP contribution in [0.2, 0.25) is 0 Å². The Labute approximate surface area is 267 Å². The number of morpholine rings is 1. The molecule has 0 N–H and O–H groups in total. The number of nitrogens with zero attached hydrogens (tertiary/aromatic N) is 6. The number of anilines is 1. The Hall–Kier alpha value is -4.11. The van der Waals surface area contributed by atoms with Crippen molar-refractivity contribution in [2.75, 3.05) is 71.5 Å². The number of ether oxygens (including phenoxy) is 1. The molecule has 1 unspecified atom stereocenters. The van der Waals surface area contributed by atoms with E-state index in [4.69, 9.17) is 4.74 Å². The van der Waals surface area contributed by atoms with Crippen LogP contribution in [0.5, 0.6) is 0 Å². The fourth-order valence-electron chi connectivity index (χ4n) is 7.82. The van der Waals surface area contributed by atoms with Gasteiger partial charge in [-0.3, -0.25) is 24.7 Å². The fraction of sp³-hybridized carbons (Fsp3) is 0.438. The van der Waals surface area contributed by atoms with Crippen molar-refractivity contribution in [2.24, 2.45) is 5.92 Å². The summed E-state index contributed by atoms with van der Waals surface area (Å²) in [4.78, 5) is 46.6. The lowest BCUT2D eigenvalue weighted by Crippen LogP contribution is -2.52. The molecular formula is C32H36N6O7S. The number of rotatable bonds is 8. The number of hydrogen-bond acceptors (Lipinski definition) is 9. The van der Waals surface area contributed by atoms with Crippen LogP contribution in [-0.2, 0) is 19.6 Å². The van der Waals surface area contributed by atoms with Gasteiger partial charge in [-0.05, 0) is 29.5 Å². The van der Waals surface area contributed by atoms with E-state index < -0.39 is 55.0 Å². The third kappa shape index (κ3) is 4.57. The lowest BCUT2D eigenvalue weighted by atomic mass is 9.87. The number of fused-ring (bicyclic) bond motifs is 1. The van der Waals surface area contributed by atoms with Crippen molar-refractivity contribution in [1.82, 2.24) is 19.0 Å². The first kappa shape index (κ1) is 30.5. The minimum Gasteiger partial charge on any atom is -0.379 e. The van der Waals surface area contributed by atoms with Crippen LogP contribution in [0.1, 0.15) is 18.0 Å². The van der Waals surface area contributed by atoms with Crippen molar-refractivity contribution < 1.29 is 27.7 Å². The molecule has 4 saturated heterocycles. The van der Waals surface area contributed by atoms with Crippen molar-refractivity contribution in [1.29, 1.82) is 0 Å². The molecule has 14 heteroatoms. The summed E-state index contributed by atoms with van der Waals surface area (Å²) >= 11 is 0. The first-order valence-corrected chi connectivity index (χ1v) is 16.9. The number of para-hydroxylation sites is 1. The van der Waals surface area contributed by atoms with Crippen LogP contribution in [0.3, 0.4) is 0 Å². The summed E-state index contributed by atoms with van der Waals surface area (Å²) in [6, 6.07) is 16.3. The summed E-state index contributed by atoms with van der Waals surface area (Å²) in [5.74, 6) is -0.917. The zero-order chi connectivity index (χ0) is 32.4. The van der Waals surface area contributed by atoms with E-state index in [9.17, 15) is 28.1 Å². The summed E-state index contributed by atoms with van der Waals surface area (Å²) in [5.41, 5.74) is -0.0329. The summed E-state index contributed by atoms with van der Waals surface area (Å²) < 4.78 is 34.6. The van der Waals surface area contributed by atoms with Gasteiger partial charge in [0, 0.05) is 76.4 Å². The monoisotopic (exact) mass is 648 g/mol. The molecule has 4 heterocycles. The Balaban J connectivity index is 1.30. The average Bonchev–Trinajstić information content (AvgIpc) is 3.65. The van der Waals surface area contributed by atoms with E-state index in [1.165, 1.54) is 23.1 Å². The standard InChI is InChI=1S/C32H36N6O7S/c1-33(2)26-12-11-25(23-7-3-4-8-24(23)26)28-19-22-20-35(46(43,44)29-10-6-5-9-27(29)38(41)42)21-32(22)30(39)36(31(40)37(28)32)14-13-34-15-17-45-18-16-34/h3-12,22,28H,13-21H2,1-2H3/t22-,28-,32?/m0/s1. The molecule has 46 heavy (non-hydrogen) atoms. The van der Waals surface area contributed by atoms with Gasteiger partial charge in [0.05, 0.1) is 24.2 Å². The van der Waals surface area contributed by atoms with Gasteiger partial charge in [-0.2, -0.15) is 4.31 Å². The van der Waals surface area contributed by atoms with Crippen LogP contribution in [0.25, 0.3) is 10.8 Å². The van der Waals surface area contributed by atoms with Gasteiger partial charge < -0.3 is 14.5 Å². The lowest BCUT2D eigenvalue weighted by molar-refractivity contribution is -0.387. The Morgan fingerprint density at radius 3 is 2.39 bits per heavy atom. The van der Waals surface area contributed by atoms with E-state index in [0.717, 1.165) is 32.4 Å². The van der Waals surface area contributed by atoms with Crippen LogP contribution in [0, 0.1) is 16.0 Å². The van der Waals surface area contributed by atoms with E-state index in [1.807, 2.05) is 55.4 Å². The minimum atomic E-state index is -4.36. The highest BCUT2D eigenvalue weighted by molar-refractivity contribution is 7.89. The number of benzene rings is 3. The molecule has 3 atom stereocenters. The second kappa shape index (κ2) is 11.3. The van der Waals surface area contributed by atoms with Gasteiger partial charge in [-0.1, -0.05) is 42.5 Å². The maximum atomic E-state index is 14.5. The molecule has 4 aliphatic rings. The smallest absolute Gasteiger partial charge is 0.328 e. The molecule has 7 rings (SSSR count). The summed E-state index contributed by atoms with van der Waals surface area (Å²) in [6.45, 7) is 2.91. The lowest BCUT2D eigenvalue weighted by Gasteiger charge is -2.32. The Kier molecular flexibility index (Phi) is 7.50. The number of hydrogen-bond donors (Lipinski definition) is 0. The topological polar surface area (TPSA) is 137 Å². The Morgan fingerprint density at radius 2 is 1.67 bits per heavy atom. The van der Waals surface area contributed by atoms with Crippen LogP contribution in [0.4, 0.5) is 16.2 Å². The molecule has 13 nitrogen and oxygen atoms in total. The van der Waals surface area contributed by atoms with Gasteiger partial charge >= 0.3 is 6.03 Å². The van der Waals surface area contributed by atoms with E-state index in [0.29, 0.717) is 39.3 Å². The normalized spacial score (nSPS) is 25.3. The molecule has 3 amide bonds. The maximum absolute atomic E-state index is 14.5. The number of imide groups is 1. The molecule has 3 aromatic rings. The van der Waals surface area contributed by atoms with Crippen LogP contribution >= 0.6 is 0 Å². The number of sulfonamides is 1. The number of carbonyl (C=O) groups excluding carboxylic acids is 2. The number of nitro benzene ring substituents is 1. The van der Waals surface area contributed by atoms with E-state index in [1.54, 1.807) is 4.90 Å². The number of nitro groups is 1. The minimum absolute atomic E-state index is 0.0363. The van der Waals surface area contributed by atoms with Crippen molar-refractivity contribution in [2.45, 2.75) is 22.9 Å². The highest BCUT2D eigenvalue weighted by Crippen LogP contribution is 2.56. The zero-order valence-electron chi connectivity index (χ0n) is 25.7. The van der Waals surface area contributed by atoms with Gasteiger partial charge in [-0.15, -0.1) is 0 Å². The third-order valence-corrected chi connectivity index (χ3v) is 11.9. The van der Waals surface area contributed by atoms with Crippen LogP contribution in [-0.4, -0.2) is 116 Å². The number of urea groups is 1. The van der Waals surface area contributed by atoms with Gasteiger partial charge in [0.2, 0.25) is 10.0 Å². The predicted octanol–water partition coefficient (Wildman–Crippen LogP) is 2.91. The summed E-state index contributed by atoms with van der Waals surface area (Å²) in [7, 11) is -0.425. The van der Waals surface area contributed by atoms with Gasteiger partial charge in [0.1, 0.15) is 5.54 Å². The quantitative estimate of drug-likeness (QED) is 0.205. The molecule has 4 fully saturated rings. The van der Waals surface area contributed by atoms with Gasteiger partial charge in [-0.25, -0.2) is 13.2 Å². The fourth-order valence-corrected chi connectivity index (χ4v) is 9.50. The number of carbonyl (C=O) groups is 2. The first-order chi connectivity index (χ1) is 22.1. The molecule has 3 aromatic carbocycles. The molecule has 4 aliphatic heterocycles. The molecule has 0 aromatic heterocycles. The van der Waals surface area contributed by atoms with E-state index >= 15 is 0 Å². The van der Waals surface area contributed by atoms with E-state index in [2.05, 4.69) is 4.90 Å². The average molecular weight is 649 g/mol. The van der Waals surface area contributed by atoms with Gasteiger partial charge in [0.15, 0.2) is 4.90 Å². The maximum Gasteiger partial charge on any atom is 0.328 e. The molecular weight excluding hydrogens is 612 g/mol. The van der Waals surface area contributed by atoms with Crippen molar-refractivity contribution >= 4 is 44.1 Å². The van der Waals surface area contributed by atoms with Crippen LogP contribution in [0.15, 0.2) is 65.6 Å². The third-order valence-electron chi connectivity index (χ3n) is 10.0. The molecule has 0 saturated carbocycles. The molecule has 0 aliphatic carbocycles. The van der Waals surface area contributed by atoms with Gasteiger partial charge in [0.25, 0.3) is 11.6 Å². The molecule has 0 radical (unpaired) electrons. The second-order valence-electron chi connectivity index (χ2n) is 12.6. The predicted molar refractivity (Wildman–Crippen MR) is 170 cm³/mol. The van der Waals surface area contributed by atoms with Crippen molar-refractivity contribution in [3.8, 4) is 0 Å². The summed E-state index contributed by atoms with van der Waals surface area (Å²) in [6.07, 6.45) is 0.378. The van der Waals surface area contributed by atoms with Crippen molar-refractivity contribution in [3.63, 3.8) is 0 Å². The van der Waals surface area contributed by atoms with Crippen LogP contribution < -0.4 is 4.90 Å². The molecule has 242 valence electrons. The highest BCUT2D eigenvalue weighted by Gasteiger charge is 2.71. The summed E-state index contributed by atoms with van der Waals surface area (Å²) in [5, 5.41) is 13.7. The number of amides is 3.